The van der Waals surface area contributed by atoms with Gasteiger partial charge in [0.1, 0.15) is 13.2 Å². The van der Waals surface area contributed by atoms with Gasteiger partial charge in [-0.05, 0) is 40.0 Å². The van der Waals surface area contributed by atoms with Gasteiger partial charge in [-0.1, -0.05) is 0 Å². The van der Waals surface area contributed by atoms with Crippen molar-refractivity contribution in [1.29, 1.82) is 0 Å². The summed E-state index contributed by atoms with van der Waals surface area (Å²) in [5.74, 6) is 1.52. The molecule has 0 aliphatic carbocycles. The number of ether oxygens (including phenoxy) is 2. The predicted molar refractivity (Wildman–Crippen MR) is 58.5 cm³/mol. The minimum absolute atomic E-state index is 0.390. The molecule has 0 bridgehead atoms. The lowest BCUT2D eigenvalue weighted by molar-refractivity contribution is 0.158. The van der Waals surface area contributed by atoms with E-state index in [1.54, 1.807) is 0 Å². The molecule has 0 saturated heterocycles. The van der Waals surface area contributed by atoms with Gasteiger partial charge in [-0.3, -0.25) is 0 Å². The third-order valence-corrected chi connectivity index (χ3v) is 2.98. The van der Waals surface area contributed by atoms with Crippen molar-refractivity contribution in [3.63, 3.8) is 0 Å². The standard InChI is InChI=1S/C10H12BrNO3/c1-6-7(5-12-13)4-8(11)10-9(6)14-2-3-15-10/h4,12-13H,2-3,5H2,1H3. The van der Waals surface area contributed by atoms with Crippen molar-refractivity contribution in [2.24, 2.45) is 0 Å². The molecule has 15 heavy (non-hydrogen) atoms. The molecule has 82 valence electrons. The zero-order chi connectivity index (χ0) is 10.8. The van der Waals surface area contributed by atoms with Gasteiger partial charge < -0.3 is 14.7 Å². The SMILES string of the molecule is Cc1c(CNO)cc(Br)c2c1OCCO2. The Morgan fingerprint density at radius 3 is 2.73 bits per heavy atom. The highest BCUT2D eigenvalue weighted by Gasteiger charge is 2.19. The lowest BCUT2D eigenvalue weighted by Crippen LogP contribution is -2.18. The minimum Gasteiger partial charge on any atom is -0.486 e. The van der Waals surface area contributed by atoms with Crippen molar-refractivity contribution < 1.29 is 14.7 Å². The highest BCUT2D eigenvalue weighted by atomic mass is 79.9. The zero-order valence-corrected chi connectivity index (χ0v) is 9.93. The van der Waals surface area contributed by atoms with Crippen LogP contribution in [0.3, 0.4) is 0 Å². The predicted octanol–water partition coefficient (Wildman–Crippen LogP) is 2.01. The molecule has 5 heteroatoms. The normalized spacial score (nSPS) is 14.1. The lowest BCUT2D eigenvalue weighted by atomic mass is 10.1. The van der Waals surface area contributed by atoms with E-state index in [0.717, 1.165) is 27.1 Å². The van der Waals surface area contributed by atoms with Crippen molar-refractivity contribution in [2.75, 3.05) is 13.2 Å². The van der Waals surface area contributed by atoms with E-state index in [1.165, 1.54) is 0 Å². The fourth-order valence-electron chi connectivity index (χ4n) is 1.62. The quantitative estimate of drug-likeness (QED) is 0.810. The van der Waals surface area contributed by atoms with E-state index >= 15 is 0 Å². The van der Waals surface area contributed by atoms with Crippen molar-refractivity contribution in [3.05, 3.63) is 21.7 Å². The van der Waals surface area contributed by atoms with Crippen LogP contribution in [0.1, 0.15) is 11.1 Å². The maximum atomic E-state index is 8.70. The van der Waals surface area contributed by atoms with E-state index < -0.39 is 0 Å². The van der Waals surface area contributed by atoms with Gasteiger partial charge in [0.15, 0.2) is 11.5 Å². The first-order valence-electron chi connectivity index (χ1n) is 4.68. The van der Waals surface area contributed by atoms with Gasteiger partial charge >= 0.3 is 0 Å². The summed E-state index contributed by atoms with van der Waals surface area (Å²) in [5, 5.41) is 8.70. The Bertz CT molecular complexity index is 381. The molecule has 0 spiro atoms. The van der Waals surface area contributed by atoms with Gasteiger partial charge in [-0.15, -0.1) is 0 Å². The van der Waals surface area contributed by atoms with E-state index in [4.69, 9.17) is 14.7 Å². The van der Waals surface area contributed by atoms with Crippen LogP contribution in [0.5, 0.6) is 11.5 Å². The van der Waals surface area contributed by atoms with E-state index in [0.29, 0.717) is 19.8 Å². The summed E-state index contributed by atoms with van der Waals surface area (Å²) in [7, 11) is 0. The Morgan fingerprint density at radius 2 is 2.07 bits per heavy atom. The number of halogens is 1. The first-order valence-corrected chi connectivity index (χ1v) is 5.48. The van der Waals surface area contributed by atoms with Crippen molar-refractivity contribution in [1.82, 2.24) is 5.48 Å². The van der Waals surface area contributed by atoms with Crippen molar-refractivity contribution >= 4 is 15.9 Å². The van der Waals surface area contributed by atoms with Crippen LogP contribution in [0.25, 0.3) is 0 Å². The van der Waals surface area contributed by atoms with E-state index in [1.807, 2.05) is 13.0 Å². The number of fused-ring (bicyclic) bond motifs is 1. The Balaban J connectivity index is 2.49. The molecule has 4 nitrogen and oxygen atoms in total. The lowest BCUT2D eigenvalue weighted by Gasteiger charge is -2.23. The maximum absolute atomic E-state index is 8.70. The highest BCUT2D eigenvalue weighted by Crippen LogP contribution is 2.41. The molecule has 0 atom stereocenters. The van der Waals surface area contributed by atoms with Gasteiger partial charge in [-0.2, -0.15) is 0 Å². The van der Waals surface area contributed by atoms with Gasteiger partial charge in [0.25, 0.3) is 0 Å². The highest BCUT2D eigenvalue weighted by molar-refractivity contribution is 9.10. The average molecular weight is 274 g/mol. The van der Waals surface area contributed by atoms with Crippen molar-refractivity contribution in [2.45, 2.75) is 13.5 Å². The van der Waals surface area contributed by atoms with Crippen LogP contribution >= 0.6 is 15.9 Å². The van der Waals surface area contributed by atoms with Crippen molar-refractivity contribution in [3.8, 4) is 11.5 Å². The van der Waals surface area contributed by atoms with Crippen LogP contribution in [0.4, 0.5) is 0 Å². The van der Waals surface area contributed by atoms with Crippen LogP contribution in [0, 0.1) is 6.92 Å². The molecule has 1 aliphatic heterocycles. The topological polar surface area (TPSA) is 50.7 Å². The van der Waals surface area contributed by atoms with Gasteiger partial charge in [0.05, 0.1) is 4.47 Å². The second-order valence-electron chi connectivity index (χ2n) is 3.33. The molecule has 1 heterocycles. The molecule has 1 aliphatic rings. The molecule has 0 saturated carbocycles. The number of rotatable bonds is 2. The Morgan fingerprint density at radius 1 is 1.40 bits per heavy atom. The smallest absolute Gasteiger partial charge is 0.175 e. The first kappa shape index (κ1) is 10.7. The molecule has 2 rings (SSSR count). The van der Waals surface area contributed by atoms with Gasteiger partial charge in [-0.25, -0.2) is 5.48 Å². The molecule has 1 aromatic carbocycles. The molecule has 0 fully saturated rings. The molecule has 0 amide bonds. The van der Waals surface area contributed by atoms with Crippen LogP contribution in [-0.2, 0) is 6.54 Å². The van der Waals surface area contributed by atoms with Gasteiger partial charge in [0, 0.05) is 6.54 Å². The Hall–Kier alpha value is -0.780. The summed E-state index contributed by atoms with van der Waals surface area (Å²) in [4.78, 5) is 0. The van der Waals surface area contributed by atoms with Crippen LogP contribution in [0.2, 0.25) is 0 Å². The van der Waals surface area contributed by atoms with E-state index in [-0.39, 0.29) is 0 Å². The number of hydrogen-bond donors (Lipinski definition) is 2. The summed E-state index contributed by atoms with van der Waals surface area (Å²) >= 11 is 3.42. The summed E-state index contributed by atoms with van der Waals surface area (Å²) in [6, 6.07) is 1.92. The molecular weight excluding hydrogens is 262 g/mol. The Kier molecular flexibility index (Phi) is 3.14. The van der Waals surface area contributed by atoms with Crippen LogP contribution in [0.15, 0.2) is 10.5 Å². The number of hydroxylamine groups is 1. The molecule has 1 aromatic rings. The monoisotopic (exact) mass is 273 g/mol. The molecular formula is C10H12BrNO3. The molecule has 2 N–H and O–H groups in total. The maximum Gasteiger partial charge on any atom is 0.175 e. The third kappa shape index (κ3) is 1.95. The number of hydrogen-bond acceptors (Lipinski definition) is 4. The first-order chi connectivity index (χ1) is 7.24. The van der Waals surface area contributed by atoms with Crippen LogP contribution < -0.4 is 15.0 Å². The average Bonchev–Trinajstić information content (AvgIpc) is 2.26. The van der Waals surface area contributed by atoms with Crippen LogP contribution in [-0.4, -0.2) is 18.4 Å². The van der Waals surface area contributed by atoms with E-state index in [9.17, 15) is 0 Å². The van der Waals surface area contributed by atoms with Gasteiger partial charge in [0.2, 0.25) is 0 Å². The fourth-order valence-corrected chi connectivity index (χ4v) is 2.19. The molecule has 0 unspecified atom stereocenters. The second kappa shape index (κ2) is 4.38. The summed E-state index contributed by atoms with van der Waals surface area (Å²) < 4.78 is 11.9. The zero-order valence-electron chi connectivity index (χ0n) is 8.34. The molecule has 0 radical (unpaired) electrons. The molecule has 0 aromatic heterocycles. The van der Waals surface area contributed by atoms with E-state index in [2.05, 4.69) is 21.4 Å². The number of benzene rings is 1. The third-order valence-electron chi connectivity index (χ3n) is 2.39. The summed E-state index contributed by atoms with van der Waals surface area (Å²) in [6.07, 6.45) is 0. The Labute approximate surface area is 96.3 Å². The second-order valence-corrected chi connectivity index (χ2v) is 4.19. The minimum atomic E-state index is 0.390. The largest absolute Gasteiger partial charge is 0.486 e. The number of nitrogens with one attached hydrogen (secondary N) is 1. The summed E-state index contributed by atoms with van der Waals surface area (Å²) in [5.41, 5.74) is 4.12. The fraction of sp³-hybridized carbons (Fsp3) is 0.400. The summed E-state index contributed by atoms with van der Waals surface area (Å²) in [6.45, 7) is 3.48.